The number of aromatic nitrogens is 2. The molecule has 6 saturated heterocycles. The van der Waals surface area contributed by atoms with Gasteiger partial charge < -0.3 is 58.5 Å². The largest absolute Gasteiger partial charge is 0.497 e. The second-order valence-corrected chi connectivity index (χ2v) is 32.3. The van der Waals surface area contributed by atoms with Crippen LogP contribution in [0.25, 0.3) is 0 Å². The van der Waals surface area contributed by atoms with Gasteiger partial charge >= 0.3 is 6.09 Å². The minimum Gasteiger partial charge on any atom is -0.497 e. The first kappa shape index (κ1) is 87.3. The number of H-pyrrole nitrogens is 1. The predicted molar refractivity (Wildman–Crippen MR) is 440 cm³/mol. The third-order valence-corrected chi connectivity index (χ3v) is 21.9. The number of alkyl halides is 8. The number of nitrogens with one attached hydrogen (secondary N) is 2. The molecule has 5 unspecified atom stereocenters. The predicted octanol–water partition coefficient (Wildman–Crippen LogP) is 18.3. The Morgan fingerprint density at radius 2 is 0.983 bits per heavy atom. The molecule has 0 radical (unpaired) electrons. The highest BCUT2D eigenvalue weighted by atomic mass is 19.3. The van der Waals surface area contributed by atoms with Crippen molar-refractivity contribution in [1.82, 2.24) is 20.2 Å². The zero-order valence-electron chi connectivity index (χ0n) is 67.1. The summed E-state index contributed by atoms with van der Waals surface area (Å²) in [5, 5.41) is 3.14. The van der Waals surface area contributed by atoms with Crippen molar-refractivity contribution in [2.24, 2.45) is 5.92 Å². The van der Waals surface area contributed by atoms with Crippen molar-refractivity contribution in [3.63, 3.8) is 0 Å². The average Bonchev–Trinajstić information content (AvgIpc) is 0.792. The van der Waals surface area contributed by atoms with Crippen molar-refractivity contribution in [1.29, 1.82) is 0 Å². The highest BCUT2D eigenvalue weighted by Gasteiger charge is 2.44. The lowest BCUT2D eigenvalue weighted by Gasteiger charge is -2.41. The Bertz CT molecular complexity index is 4290. The zero-order valence-corrected chi connectivity index (χ0v) is 67.1. The Morgan fingerprint density at radius 1 is 0.509 bits per heavy atom. The van der Waals surface area contributed by atoms with Crippen LogP contribution in [0.3, 0.4) is 0 Å². The summed E-state index contributed by atoms with van der Waals surface area (Å²) >= 11 is 0. The van der Waals surface area contributed by atoms with Crippen LogP contribution in [0, 0.1) is 5.92 Å². The van der Waals surface area contributed by atoms with Crippen molar-refractivity contribution in [3.05, 3.63) is 244 Å². The molecule has 116 heavy (non-hydrogen) atoms. The Kier molecular flexibility index (Phi) is 31.3. The minimum atomic E-state index is -2.69. The Morgan fingerprint density at radius 3 is 1.49 bits per heavy atom. The fourth-order valence-corrected chi connectivity index (χ4v) is 16.0. The second-order valence-electron chi connectivity index (χ2n) is 32.3. The maximum Gasteiger partial charge on any atom is 0.410 e. The van der Waals surface area contributed by atoms with Gasteiger partial charge in [-0.2, -0.15) is 4.98 Å². The van der Waals surface area contributed by atoms with E-state index in [1.807, 2.05) is 225 Å². The van der Waals surface area contributed by atoms with Crippen molar-refractivity contribution >= 4 is 34.9 Å². The Balaban J connectivity index is 0.000000149. The smallest absolute Gasteiger partial charge is 0.410 e. The van der Waals surface area contributed by atoms with Crippen LogP contribution in [-0.4, -0.2) is 166 Å². The van der Waals surface area contributed by atoms with Crippen LogP contribution >= 0.6 is 0 Å². The molecule has 7 aliphatic rings. The molecule has 624 valence electrons. The Hall–Kier alpha value is -9.52. The lowest BCUT2D eigenvalue weighted by molar-refractivity contribution is -0.122. The first-order chi connectivity index (χ1) is 55.6. The fraction of sp³-hybridized carbons (Fsp3) is 0.478. The molecule has 7 fully saturated rings. The number of aromatic amines is 1. The molecule has 16 nitrogen and oxygen atoms in total. The summed E-state index contributed by atoms with van der Waals surface area (Å²) in [5.41, 5.74) is 7.52. The molecule has 1 saturated carbocycles. The number of carbonyl (C=O) groups is 2. The summed E-state index contributed by atoms with van der Waals surface area (Å²) in [4.78, 5) is 54.1. The van der Waals surface area contributed by atoms with E-state index in [9.17, 15) is 49.5 Å². The molecule has 6 aliphatic heterocycles. The number of nitrogens with zero attached hydrogens (tertiary/aromatic N) is 6. The first-order valence-corrected chi connectivity index (χ1v) is 40.8. The van der Waals surface area contributed by atoms with Gasteiger partial charge in [0.05, 0.1) is 33.5 Å². The molecular weight excluding hydrogens is 1500 g/mol. The number of amides is 1. The maximum atomic E-state index is 14.6. The van der Waals surface area contributed by atoms with E-state index in [2.05, 4.69) is 20.1 Å². The number of ether oxygens (including phenoxy) is 5. The maximum absolute atomic E-state index is 14.6. The quantitative estimate of drug-likeness (QED) is 0.0783. The summed E-state index contributed by atoms with van der Waals surface area (Å²) in [7, 11) is 1.63. The van der Waals surface area contributed by atoms with Crippen molar-refractivity contribution in [2.45, 2.75) is 190 Å². The number of rotatable bonds is 18. The molecule has 1 amide bonds. The molecule has 8 aromatic rings. The molecule has 0 spiro atoms. The van der Waals surface area contributed by atoms with E-state index in [1.165, 1.54) is 5.56 Å². The van der Waals surface area contributed by atoms with Crippen LogP contribution in [0.2, 0.25) is 0 Å². The molecule has 24 heteroatoms. The standard InChI is InChI=1S/C29H33F2N3O3.C21H25F2N3O2.C17H23NO3.C13H16F2.C12H15F2N/c1-35-26-9-7-23(8-10-26)21-37-28-19-24(33-13-15-36-16-14-33)18-27(32-28)34-12-11-29(30,31)20-25(34)17-22-5-3-2-4-6-22;22-21(23)6-7-26(18(15-21)12-16-4-2-1-3-5-16)19-13-17(14-20(27)24-19)25-8-10-28-11-9-25;1-17(2,3)21-16(20)18-10-9-15(19)12-14(18)11-13-7-5-4-6-8-13;14-13(15)8-4-7-12(10-13)9-11-5-2-1-3-6-11;13-12(14)6-7-15-11(9-12)8-10-4-2-1-3-5-10/h2-10,18-19,25H,11-17,20-21H2,1H3;1-5,13-14,18H,6-12,15H2,(H,24,27);4-8,14H,9-12H2,1-3H3;1-3,5-6,12H,4,7-10H2;1-5,11,15H,6-9H2. The summed E-state index contributed by atoms with van der Waals surface area (Å²) < 4.78 is 138. The topological polar surface area (TPSA) is 154 Å². The van der Waals surface area contributed by atoms with Crippen LogP contribution in [0.5, 0.6) is 11.6 Å². The molecule has 5 atom stereocenters. The van der Waals surface area contributed by atoms with Gasteiger partial charge in [0, 0.05) is 176 Å². The van der Waals surface area contributed by atoms with Gasteiger partial charge in [-0.05, 0) is 117 Å². The number of hydrogen-bond donors (Lipinski definition) is 2. The molecular formula is C92H112F8N8O8. The van der Waals surface area contributed by atoms with Crippen LogP contribution in [0.1, 0.15) is 131 Å². The van der Waals surface area contributed by atoms with Gasteiger partial charge in [0.1, 0.15) is 35.4 Å². The number of likely N-dealkylation sites (tertiary alicyclic amines) is 1. The molecule has 2 N–H and O–H groups in total. The summed E-state index contributed by atoms with van der Waals surface area (Å²) in [6.45, 7) is 12.7. The number of piperidine rings is 4. The highest BCUT2D eigenvalue weighted by Crippen LogP contribution is 2.41. The number of halogens is 8. The number of ketones is 1. The van der Waals surface area contributed by atoms with E-state index < -0.39 is 29.3 Å². The summed E-state index contributed by atoms with van der Waals surface area (Å²) in [5.74, 6) is -7.34. The average molecular weight is 1610 g/mol. The molecule has 15 rings (SSSR count). The van der Waals surface area contributed by atoms with E-state index in [-0.39, 0.29) is 112 Å². The number of methoxy groups -OCH3 is 1. The van der Waals surface area contributed by atoms with Gasteiger partial charge in [0.15, 0.2) is 0 Å². The van der Waals surface area contributed by atoms with Crippen molar-refractivity contribution in [3.8, 4) is 11.6 Å². The van der Waals surface area contributed by atoms with Gasteiger partial charge in [0.2, 0.25) is 11.8 Å². The van der Waals surface area contributed by atoms with E-state index in [1.54, 1.807) is 18.1 Å². The first-order valence-electron chi connectivity index (χ1n) is 40.8. The van der Waals surface area contributed by atoms with E-state index in [0.29, 0.717) is 122 Å². The lowest BCUT2D eigenvalue weighted by atomic mass is 9.83. The highest BCUT2D eigenvalue weighted by molar-refractivity contribution is 5.82. The Labute approximate surface area is 677 Å². The fourth-order valence-electron chi connectivity index (χ4n) is 16.0. The van der Waals surface area contributed by atoms with E-state index >= 15 is 0 Å². The number of Topliss-reactive ketones (excluding diaryl/α,β-unsaturated/α-hetero) is 1. The zero-order chi connectivity index (χ0) is 82.1. The monoisotopic (exact) mass is 1610 g/mol. The van der Waals surface area contributed by atoms with E-state index in [4.69, 9.17) is 28.7 Å². The molecule has 0 bridgehead atoms. The van der Waals surface area contributed by atoms with Crippen LogP contribution in [-0.2, 0) is 57.7 Å². The number of pyridine rings is 2. The number of benzene rings is 6. The van der Waals surface area contributed by atoms with Gasteiger partial charge in [-0.1, -0.05) is 164 Å². The van der Waals surface area contributed by atoms with Crippen LogP contribution < -0.4 is 39.9 Å². The van der Waals surface area contributed by atoms with Gasteiger partial charge in [0.25, 0.3) is 23.3 Å². The molecule has 1 aliphatic carbocycles. The number of anilines is 4. The molecule has 2 aromatic heterocycles. The normalized spacial score (nSPS) is 21.6. The summed E-state index contributed by atoms with van der Waals surface area (Å²) in [6.07, 6.45) is 4.62. The third kappa shape index (κ3) is 28.1. The minimum absolute atomic E-state index is 0.0295. The van der Waals surface area contributed by atoms with Gasteiger partial charge in [-0.15, -0.1) is 0 Å². The number of hydrogen-bond acceptors (Lipinski definition) is 14. The molecule has 8 heterocycles. The summed E-state index contributed by atoms with van der Waals surface area (Å²) in [6, 6.07) is 63.3. The van der Waals surface area contributed by atoms with Gasteiger partial charge in [-0.3, -0.25) is 9.59 Å². The SMILES string of the molecule is CC(C)(C)OC(=O)N1CCC(=O)CC1Cc1ccccc1.COc1ccc(COc2cc(N3CCOCC3)cc(N3CCC(F)(F)CC3Cc3ccccc3)n2)cc1.FC1(F)CCCC(Cc2ccccc2)C1.FC1(F)CCNC(Cc2ccccc2)C1.O=c1cc(N2CCOCC2)cc(N2CCC(F)(F)CC2Cc2ccccc2)[nH]1. The van der Waals surface area contributed by atoms with Gasteiger partial charge in [-0.25, -0.2) is 39.9 Å². The van der Waals surface area contributed by atoms with Crippen molar-refractivity contribution in [2.75, 3.05) is 105 Å². The van der Waals surface area contributed by atoms with E-state index in [0.717, 1.165) is 70.9 Å². The van der Waals surface area contributed by atoms with Crippen LogP contribution in [0.4, 0.5) is 62.9 Å². The third-order valence-electron chi connectivity index (χ3n) is 21.9. The van der Waals surface area contributed by atoms with Crippen LogP contribution in [0.15, 0.2) is 205 Å². The molecule has 6 aromatic carbocycles. The lowest BCUT2D eigenvalue weighted by Crippen LogP contribution is -2.49. The number of carbonyl (C=O) groups excluding carboxylic acids is 2. The second kappa shape index (κ2) is 41.5. The van der Waals surface area contributed by atoms with Crippen molar-refractivity contribution < 1.29 is 68.4 Å². The number of morpholine rings is 2.